The van der Waals surface area contributed by atoms with E-state index in [9.17, 15) is 0 Å². The zero-order chi connectivity index (χ0) is 12.4. The molecule has 0 amide bonds. The van der Waals surface area contributed by atoms with Gasteiger partial charge in [0.2, 0.25) is 0 Å². The Morgan fingerprint density at radius 2 is 1.35 bits per heavy atom. The van der Waals surface area contributed by atoms with Gasteiger partial charge < -0.3 is 0 Å². The van der Waals surface area contributed by atoms with Gasteiger partial charge in [-0.05, 0) is 61.2 Å². The van der Waals surface area contributed by atoms with Crippen molar-refractivity contribution < 1.29 is 0 Å². The van der Waals surface area contributed by atoms with Crippen LogP contribution in [0.15, 0.2) is 0 Å². The summed E-state index contributed by atoms with van der Waals surface area (Å²) in [7, 11) is 0. The molecule has 100 valence electrons. The highest BCUT2D eigenvalue weighted by atomic mass is 14.4. The van der Waals surface area contributed by atoms with Gasteiger partial charge in [0.1, 0.15) is 0 Å². The maximum atomic E-state index is 2.54. The molecule has 2 aliphatic rings. The first-order valence-corrected chi connectivity index (χ1v) is 8.11. The van der Waals surface area contributed by atoms with Crippen LogP contribution in [0.2, 0.25) is 0 Å². The normalized spacial score (nSPS) is 48.0. The first-order chi connectivity index (χ1) is 8.11. The Hall–Kier alpha value is 0. The maximum absolute atomic E-state index is 2.54. The number of hydrogen-bond acceptors (Lipinski definition) is 0. The predicted molar refractivity (Wildman–Crippen MR) is 76.0 cm³/mol. The first-order valence-electron chi connectivity index (χ1n) is 8.11. The molecule has 0 aromatic carbocycles. The minimum atomic E-state index is 0.989. The second kappa shape index (κ2) is 5.76. The third kappa shape index (κ3) is 3.06. The van der Waals surface area contributed by atoms with E-state index in [2.05, 4.69) is 27.7 Å². The summed E-state index contributed by atoms with van der Waals surface area (Å²) in [6.07, 6.45) is 10.5. The molecule has 0 N–H and O–H groups in total. The molecule has 0 heterocycles. The van der Waals surface area contributed by atoms with Crippen LogP contribution in [0.25, 0.3) is 0 Å². The first kappa shape index (κ1) is 13.4. The molecule has 0 nitrogen and oxygen atoms in total. The Labute approximate surface area is 109 Å². The van der Waals surface area contributed by atoms with Crippen molar-refractivity contribution >= 4 is 0 Å². The lowest BCUT2D eigenvalue weighted by atomic mass is 9.61. The van der Waals surface area contributed by atoms with Crippen molar-refractivity contribution in [3.63, 3.8) is 0 Å². The molecule has 0 aromatic heterocycles. The van der Waals surface area contributed by atoms with Crippen molar-refractivity contribution in [1.29, 1.82) is 0 Å². The van der Waals surface area contributed by atoms with Crippen LogP contribution < -0.4 is 0 Å². The van der Waals surface area contributed by atoms with Crippen LogP contribution in [0.3, 0.4) is 0 Å². The topological polar surface area (TPSA) is 0 Å². The van der Waals surface area contributed by atoms with E-state index in [1.165, 1.54) is 44.9 Å². The maximum Gasteiger partial charge on any atom is -0.0357 e. The average molecular weight is 236 g/mol. The average Bonchev–Trinajstić information content (AvgIpc) is 2.30. The van der Waals surface area contributed by atoms with Gasteiger partial charge in [0.05, 0.1) is 0 Å². The van der Waals surface area contributed by atoms with E-state index in [-0.39, 0.29) is 0 Å². The summed E-state index contributed by atoms with van der Waals surface area (Å²) in [5.74, 6) is 6.13. The molecule has 0 aliphatic heterocycles. The third-order valence-electron chi connectivity index (χ3n) is 5.97. The van der Waals surface area contributed by atoms with E-state index in [0.29, 0.717) is 0 Å². The molecular weight excluding hydrogens is 204 g/mol. The predicted octanol–water partition coefficient (Wildman–Crippen LogP) is 5.52. The zero-order valence-corrected chi connectivity index (χ0v) is 12.4. The lowest BCUT2D eigenvalue weighted by Gasteiger charge is -2.44. The van der Waals surface area contributed by atoms with E-state index >= 15 is 0 Å². The Balaban J connectivity index is 1.93. The molecule has 2 saturated carbocycles. The molecule has 0 spiro atoms. The molecule has 0 aromatic rings. The fourth-order valence-corrected chi connectivity index (χ4v) is 4.86. The smallest absolute Gasteiger partial charge is 0.0357 e. The standard InChI is InChI=1S/C17H32/c1-5-15-7-9-17(14(4)11-15)16-8-6-12(2)10-13(16)3/h12-17H,5-11H2,1-4H3. The fourth-order valence-electron chi connectivity index (χ4n) is 4.86. The van der Waals surface area contributed by atoms with Gasteiger partial charge in [0, 0.05) is 0 Å². The van der Waals surface area contributed by atoms with Crippen LogP contribution in [0, 0.1) is 35.5 Å². The van der Waals surface area contributed by atoms with E-state index in [0.717, 1.165) is 35.5 Å². The van der Waals surface area contributed by atoms with Gasteiger partial charge >= 0.3 is 0 Å². The number of hydrogen-bond donors (Lipinski definition) is 0. The van der Waals surface area contributed by atoms with Crippen molar-refractivity contribution in [2.24, 2.45) is 35.5 Å². The lowest BCUT2D eigenvalue weighted by molar-refractivity contribution is 0.0618. The van der Waals surface area contributed by atoms with Crippen LogP contribution >= 0.6 is 0 Å². The monoisotopic (exact) mass is 236 g/mol. The SMILES string of the molecule is CCC1CCC(C2CCC(C)CC2C)C(C)C1. The summed E-state index contributed by atoms with van der Waals surface area (Å²) < 4.78 is 0. The quantitative estimate of drug-likeness (QED) is 0.592. The Morgan fingerprint density at radius 3 is 1.88 bits per heavy atom. The van der Waals surface area contributed by atoms with E-state index in [1.807, 2.05) is 0 Å². The van der Waals surface area contributed by atoms with Crippen LogP contribution in [0.4, 0.5) is 0 Å². The minimum Gasteiger partial charge on any atom is -0.0651 e. The van der Waals surface area contributed by atoms with Crippen LogP contribution in [0.1, 0.15) is 72.6 Å². The lowest BCUT2D eigenvalue weighted by Crippen LogP contribution is -2.35. The Morgan fingerprint density at radius 1 is 0.765 bits per heavy atom. The van der Waals surface area contributed by atoms with Gasteiger partial charge in [-0.3, -0.25) is 0 Å². The van der Waals surface area contributed by atoms with Gasteiger partial charge in [-0.15, -0.1) is 0 Å². The summed E-state index contributed by atoms with van der Waals surface area (Å²) in [6, 6.07) is 0. The Kier molecular flexibility index (Phi) is 4.55. The van der Waals surface area contributed by atoms with Crippen molar-refractivity contribution in [2.75, 3.05) is 0 Å². The second-order valence-corrected chi connectivity index (χ2v) is 7.29. The van der Waals surface area contributed by atoms with E-state index < -0.39 is 0 Å². The molecule has 17 heavy (non-hydrogen) atoms. The van der Waals surface area contributed by atoms with Gasteiger partial charge in [-0.1, -0.05) is 47.0 Å². The molecule has 2 fully saturated rings. The molecule has 6 atom stereocenters. The summed E-state index contributed by atoms with van der Waals surface area (Å²) in [4.78, 5) is 0. The number of rotatable bonds is 2. The van der Waals surface area contributed by atoms with Crippen molar-refractivity contribution in [3.8, 4) is 0 Å². The highest BCUT2D eigenvalue weighted by Crippen LogP contribution is 2.46. The van der Waals surface area contributed by atoms with Gasteiger partial charge in [-0.2, -0.15) is 0 Å². The van der Waals surface area contributed by atoms with E-state index in [1.54, 1.807) is 0 Å². The fraction of sp³-hybridized carbons (Fsp3) is 1.00. The highest BCUT2D eigenvalue weighted by Gasteiger charge is 2.37. The molecular formula is C17H32. The molecule has 0 heteroatoms. The summed E-state index contributed by atoms with van der Waals surface area (Å²) in [5, 5.41) is 0. The van der Waals surface area contributed by atoms with Crippen molar-refractivity contribution in [1.82, 2.24) is 0 Å². The van der Waals surface area contributed by atoms with Gasteiger partial charge in [0.25, 0.3) is 0 Å². The largest absolute Gasteiger partial charge is 0.0651 e. The van der Waals surface area contributed by atoms with Crippen molar-refractivity contribution in [2.45, 2.75) is 72.6 Å². The molecule has 0 radical (unpaired) electrons. The summed E-state index contributed by atoms with van der Waals surface area (Å²) in [5.41, 5.74) is 0. The van der Waals surface area contributed by atoms with Crippen LogP contribution in [-0.2, 0) is 0 Å². The van der Waals surface area contributed by atoms with Gasteiger partial charge in [0.15, 0.2) is 0 Å². The van der Waals surface area contributed by atoms with Crippen LogP contribution in [-0.4, -0.2) is 0 Å². The zero-order valence-electron chi connectivity index (χ0n) is 12.4. The molecule has 0 bridgehead atoms. The summed E-state index contributed by atoms with van der Waals surface area (Å²) >= 11 is 0. The minimum absolute atomic E-state index is 0.989. The van der Waals surface area contributed by atoms with Crippen LogP contribution in [0.5, 0.6) is 0 Å². The molecule has 0 saturated heterocycles. The molecule has 6 unspecified atom stereocenters. The van der Waals surface area contributed by atoms with Crippen molar-refractivity contribution in [3.05, 3.63) is 0 Å². The third-order valence-corrected chi connectivity index (χ3v) is 5.97. The van der Waals surface area contributed by atoms with E-state index in [4.69, 9.17) is 0 Å². The second-order valence-electron chi connectivity index (χ2n) is 7.29. The highest BCUT2D eigenvalue weighted by molar-refractivity contribution is 4.87. The molecule has 2 rings (SSSR count). The van der Waals surface area contributed by atoms with Gasteiger partial charge in [-0.25, -0.2) is 0 Å². The molecule has 2 aliphatic carbocycles. The summed E-state index contributed by atoms with van der Waals surface area (Å²) in [6.45, 7) is 9.89. The Bertz CT molecular complexity index is 232.